The number of carbonyl (C=O) groups excluding carboxylic acids is 1. The van der Waals surface area contributed by atoms with Gasteiger partial charge in [-0.25, -0.2) is 4.79 Å². The number of carbonyl (C=O) groups is 1. The van der Waals surface area contributed by atoms with E-state index in [1.54, 1.807) is 19.2 Å². The summed E-state index contributed by atoms with van der Waals surface area (Å²) in [5.74, 6) is 1.40. The van der Waals surface area contributed by atoms with E-state index in [1.807, 2.05) is 42.5 Å². The van der Waals surface area contributed by atoms with Gasteiger partial charge in [0.15, 0.2) is 0 Å². The molecule has 0 aliphatic heterocycles. The van der Waals surface area contributed by atoms with E-state index in [1.165, 1.54) is 0 Å². The van der Waals surface area contributed by atoms with E-state index in [-0.39, 0.29) is 6.03 Å². The van der Waals surface area contributed by atoms with Crippen molar-refractivity contribution in [2.24, 2.45) is 0 Å². The second-order valence-electron chi connectivity index (χ2n) is 4.24. The lowest BCUT2D eigenvalue weighted by atomic mass is 10.3. The first-order chi connectivity index (χ1) is 10.3. The number of para-hydroxylation sites is 3. The van der Waals surface area contributed by atoms with Gasteiger partial charge in [-0.1, -0.05) is 30.3 Å². The summed E-state index contributed by atoms with van der Waals surface area (Å²) in [5, 5.41) is 5.45. The van der Waals surface area contributed by atoms with Crippen LogP contribution in [0.3, 0.4) is 0 Å². The van der Waals surface area contributed by atoms with Crippen LogP contribution in [0, 0.1) is 0 Å². The second kappa shape index (κ2) is 7.79. The molecule has 5 heteroatoms. The van der Waals surface area contributed by atoms with Crippen molar-refractivity contribution in [3.63, 3.8) is 0 Å². The number of rotatable bonds is 6. The molecule has 110 valence electrons. The first-order valence-electron chi connectivity index (χ1n) is 6.65. The number of benzene rings is 2. The Hall–Kier alpha value is -2.69. The van der Waals surface area contributed by atoms with Gasteiger partial charge in [0.25, 0.3) is 0 Å². The van der Waals surface area contributed by atoms with Gasteiger partial charge in [-0.15, -0.1) is 0 Å². The molecule has 2 N–H and O–H groups in total. The van der Waals surface area contributed by atoms with Crippen molar-refractivity contribution < 1.29 is 14.3 Å². The molecule has 21 heavy (non-hydrogen) atoms. The molecule has 0 bridgehead atoms. The Kier molecular flexibility index (Phi) is 5.46. The standard InChI is InChI=1S/C16H18N2O3/c1-20-15-10-6-5-9-14(15)18-16(19)17-11-12-21-13-7-3-2-4-8-13/h2-10H,11-12H2,1H3,(H2,17,18,19). The number of ether oxygens (including phenoxy) is 2. The van der Waals surface area contributed by atoms with Crippen LogP contribution in [0.15, 0.2) is 54.6 Å². The van der Waals surface area contributed by atoms with Gasteiger partial charge in [0, 0.05) is 0 Å². The van der Waals surface area contributed by atoms with Crippen LogP contribution in [0.4, 0.5) is 10.5 Å². The summed E-state index contributed by atoms with van der Waals surface area (Å²) >= 11 is 0. The third-order valence-electron chi connectivity index (χ3n) is 2.75. The quantitative estimate of drug-likeness (QED) is 0.803. The summed E-state index contributed by atoms with van der Waals surface area (Å²) in [6, 6.07) is 16.4. The van der Waals surface area contributed by atoms with Crippen LogP contribution in [0.1, 0.15) is 0 Å². The van der Waals surface area contributed by atoms with Crippen LogP contribution in [-0.2, 0) is 0 Å². The third-order valence-corrected chi connectivity index (χ3v) is 2.75. The highest BCUT2D eigenvalue weighted by molar-refractivity contribution is 5.90. The molecule has 0 saturated carbocycles. The summed E-state index contributed by atoms with van der Waals surface area (Å²) in [4.78, 5) is 11.8. The van der Waals surface area contributed by atoms with Gasteiger partial charge >= 0.3 is 6.03 Å². The highest BCUT2D eigenvalue weighted by atomic mass is 16.5. The largest absolute Gasteiger partial charge is 0.495 e. The smallest absolute Gasteiger partial charge is 0.319 e. The molecule has 0 spiro atoms. The van der Waals surface area contributed by atoms with Gasteiger partial charge < -0.3 is 20.1 Å². The van der Waals surface area contributed by atoms with Gasteiger partial charge in [-0.05, 0) is 24.3 Å². The average Bonchev–Trinajstić information content (AvgIpc) is 2.53. The maximum absolute atomic E-state index is 11.8. The van der Waals surface area contributed by atoms with E-state index in [9.17, 15) is 4.79 Å². The molecular weight excluding hydrogens is 268 g/mol. The minimum Gasteiger partial charge on any atom is -0.495 e. The topological polar surface area (TPSA) is 59.6 Å². The number of methoxy groups -OCH3 is 1. The molecule has 5 nitrogen and oxygen atoms in total. The van der Waals surface area contributed by atoms with E-state index < -0.39 is 0 Å². The predicted molar refractivity (Wildman–Crippen MR) is 82.0 cm³/mol. The van der Waals surface area contributed by atoms with E-state index in [2.05, 4.69) is 10.6 Å². The molecule has 2 rings (SSSR count). The zero-order chi connectivity index (χ0) is 14.9. The Morgan fingerprint density at radius 2 is 1.76 bits per heavy atom. The molecule has 0 atom stereocenters. The molecular formula is C16H18N2O3. The average molecular weight is 286 g/mol. The van der Waals surface area contributed by atoms with Gasteiger partial charge in [-0.3, -0.25) is 0 Å². The van der Waals surface area contributed by atoms with Crippen molar-refractivity contribution in [2.45, 2.75) is 0 Å². The summed E-state index contributed by atoms with van der Waals surface area (Å²) in [6.45, 7) is 0.819. The van der Waals surface area contributed by atoms with Crippen LogP contribution in [-0.4, -0.2) is 26.3 Å². The van der Waals surface area contributed by atoms with E-state index >= 15 is 0 Å². The number of hydrogen-bond donors (Lipinski definition) is 2. The fourth-order valence-electron chi connectivity index (χ4n) is 1.76. The fourth-order valence-corrected chi connectivity index (χ4v) is 1.76. The highest BCUT2D eigenvalue weighted by Crippen LogP contribution is 2.22. The van der Waals surface area contributed by atoms with E-state index in [4.69, 9.17) is 9.47 Å². The zero-order valence-electron chi connectivity index (χ0n) is 11.8. The van der Waals surface area contributed by atoms with Crippen LogP contribution in [0.25, 0.3) is 0 Å². The zero-order valence-corrected chi connectivity index (χ0v) is 11.8. The van der Waals surface area contributed by atoms with E-state index in [0.29, 0.717) is 24.6 Å². The lowest BCUT2D eigenvalue weighted by Crippen LogP contribution is -2.32. The Morgan fingerprint density at radius 3 is 2.52 bits per heavy atom. The molecule has 0 radical (unpaired) electrons. The molecule has 0 fully saturated rings. The van der Waals surface area contributed by atoms with Crippen molar-refractivity contribution in [1.82, 2.24) is 5.32 Å². The van der Waals surface area contributed by atoms with Gasteiger partial charge in [0.2, 0.25) is 0 Å². The molecule has 0 heterocycles. The van der Waals surface area contributed by atoms with Crippen molar-refractivity contribution in [2.75, 3.05) is 25.6 Å². The molecule has 0 unspecified atom stereocenters. The van der Waals surface area contributed by atoms with Gasteiger partial charge in [-0.2, -0.15) is 0 Å². The second-order valence-corrected chi connectivity index (χ2v) is 4.24. The van der Waals surface area contributed by atoms with Gasteiger partial charge in [0.05, 0.1) is 19.3 Å². The molecule has 0 aliphatic carbocycles. The SMILES string of the molecule is COc1ccccc1NC(=O)NCCOc1ccccc1. The van der Waals surface area contributed by atoms with Crippen LogP contribution in [0.2, 0.25) is 0 Å². The molecule has 2 aromatic carbocycles. The molecule has 0 saturated heterocycles. The Labute approximate surface area is 123 Å². The number of urea groups is 1. The van der Waals surface area contributed by atoms with Crippen molar-refractivity contribution in [1.29, 1.82) is 0 Å². The van der Waals surface area contributed by atoms with E-state index in [0.717, 1.165) is 5.75 Å². The number of amides is 2. The summed E-state index contributed by atoms with van der Waals surface area (Å²) in [7, 11) is 1.56. The number of hydrogen-bond acceptors (Lipinski definition) is 3. The number of anilines is 1. The summed E-state index contributed by atoms with van der Waals surface area (Å²) < 4.78 is 10.6. The Balaban J connectivity index is 1.72. The number of nitrogens with one attached hydrogen (secondary N) is 2. The normalized spacial score (nSPS) is 9.76. The lowest BCUT2D eigenvalue weighted by molar-refractivity contribution is 0.247. The Morgan fingerprint density at radius 1 is 1.05 bits per heavy atom. The summed E-state index contributed by atoms with van der Waals surface area (Å²) in [5.41, 5.74) is 0.626. The molecule has 2 amide bonds. The summed E-state index contributed by atoms with van der Waals surface area (Å²) in [6.07, 6.45) is 0. The monoisotopic (exact) mass is 286 g/mol. The highest BCUT2D eigenvalue weighted by Gasteiger charge is 2.05. The van der Waals surface area contributed by atoms with Crippen molar-refractivity contribution >= 4 is 11.7 Å². The maximum atomic E-state index is 11.8. The molecule has 2 aromatic rings. The first kappa shape index (κ1) is 14.7. The lowest BCUT2D eigenvalue weighted by Gasteiger charge is -2.11. The maximum Gasteiger partial charge on any atom is 0.319 e. The molecule has 0 aliphatic rings. The van der Waals surface area contributed by atoms with Gasteiger partial charge in [0.1, 0.15) is 18.1 Å². The minimum absolute atomic E-state index is 0.295. The molecule has 0 aromatic heterocycles. The van der Waals surface area contributed by atoms with Crippen molar-refractivity contribution in [3.8, 4) is 11.5 Å². The predicted octanol–water partition coefficient (Wildman–Crippen LogP) is 2.90. The van der Waals surface area contributed by atoms with Crippen LogP contribution >= 0.6 is 0 Å². The first-order valence-corrected chi connectivity index (χ1v) is 6.65. The fraction of sp³-hybridized carbons (Fsp3) is 0.188. The van der Waals surface area contributed by atoms with Crippen LogP contribution < -0.4 is 20.1 Å². The Bertz CT molecular complexity index is 573. The third kappa shape index (κ3) is 4.72. The van der Waals surface area contributed by atoms with Crippen LogP contribution in [0.5, 0.6) is 11.5 Å². The van der Waals surface area contributed by atoms with Crippen molar-refractivity contribution in [3.05, 3.63) is 54.6 Å². The minimum atomic E-state index is -0.295.